The first kappa shape index (κ1) is 13.1. The van der Waals surface area contributed by atoms with Crippen LogP contribution in [0, 0.1) is 5.82 Å². The van der Waals surface area contributed by atoms with Gasteiger partial charge in [-0.3, -0.25) is 0 Å². The minimum Gasteiger partial charge on any atom is -0.388 e. The number of rotatable bonds is 4. The van der Waals surface area contributed by atoms with E-state index in [9.17, 15) is 9.50 Å². The number of aryl methyl sites for hydroxylation is 1. The van der Waals surface area contributed by atoms with Crippen LogP contribution in [0.2, 0.25) is 5.02 Å². The lowest BCUT2D eigenvalue weighted by molar-refractivity contribution is 0.167. The monoisotopic (exact) mass is 264 g/mol. The summed E-state index contributed by atoms with van der Waals surface area (Å²) in [6, 6.07) is 13.9. The van der Waals surface area contributed by atoms with Gasteiger partial charge >= 0.3 is 0 Å². The fourth-order valence-electron chi connectivity index (χ4n) is 1.87. The van der Waals surface area contributed by atoms with Crippen LogP contribution in [-0.2, 0) is 6.42 Å². The zero-order valence-electron chi connectivity index (χ0n) is 9.81. The van der Waals surface area contributed by atoms with E-state index in [0.717, 1.165) is 12.0 Å². The Labute approximate surface area is 111 Å². The first-order chi connectivity index (χ1) is 8.66. The molecule has 0 aliphatic carbocycles. The highest BCUT2D eigenvalue weighted by Crippen LogP contribution is 2.27. The van der Waals surface area contributed by atoms with Gasteiger partial charge in [0.25, 0.3) is 0 Å². The van der Waals surface area contributed by atoms with Crippen LogP contribution < -0.4 is 0 Å². The molecule has 1 N–H and O–H groups in total. The lowest BCUT2D eigenvalue weighted by atomic mass is 10.0. The molecular weight excluding hydrogens is 251 g/mol. The molecule has 2 aromatic rings. The maximum atomic E-state index is 13.1. The Balaban J connectivity index is 2.03. The number of hydrogen-bond donors (Lipinski definition) is 1. The van der Waals surface area contributed by atoms with Gasteiger partial charge in [-0.05, 0) is 36.6 Å². The van der Waals surface area contributed by atoms with E-state index in [1.165, 1.54) is 18.2 Å². The van der Waals surface area contributed by atoms with Gasteiger partial charge in [0.2, 0.25) is 0 Å². The third-order valence-corrected chi connectivity index (χ3v) is 3.21. The molecule has 0 bridgehead atoms. The molecule has 0 aromatic heterocycles. The predicted octanol–water partition coefficient (Wildman–Crippen LogP) is 4.15. The van der Waals surface area contributed by atoms with Crippen LogP contribution in [0.5, 0.6) is 0 Å². The lowest BCUT2D eigenvalue weighted by Crippen LogP contribution is -2.01. The molecule has 1 atom stereocenters. The quantitative estimate of drug-likeness (QED) is 0.880. The minimum absolute atomic E-state index is 0.381. The Kier molecular flexibility index (Phi) is 4.34. The average molecular weight is 265 g/mol. The van der Waals surface area contributed by atoms with E-state index in [4.69, 9.17) is 11.6 Å². The summed E-state index contributed by atoms with van der Waals surface area (Å²) < 4.78 is 13.1. The van der Waals surface area contributed by atoms with Gasteiger partial charge in [0, 0.05) is 10.6 Å². The van der Waals surface area contributed by atoms with Gasteiger partial charge in [-0.2, -0.15) is 0 Å². The average Bonchev–Trinajstić information content (AvgIpc) is 2.40. The molecule has 18 heavy (non-hydrogen) atoms. The van der Waals surface area contributed by atoms with Crippen molar-refractivity contribution in [2.24, 2.45) is 0 Å². The zero-order chi connectivity index (χ0) is 13.0. The molecule has 0 saturated heterocycles. The van der Waals surface area contributed by atoms with Gasteiger partial charge < -0.3 is 5.11 Å². The molecule has 0 heterocycles. The predicted molar refractivity (Wildman–Crippen MR) is 71.1 cm³/mol. The van der Waals surface area contributed by atoms with E-state index in [1.54, 1.807) is 0 Å². The highest BCUT2D eigenvalue weighted by molar-refractivity contribution is 6.31. The second kappa shape index (κ2) is 5.98. The highest BCUT2D eigenvalue weighted by Gasteiger charge is 2.12. The third kappa shape index (κ3) is 3.31. The molecule has 2 aromatic carbocycles. The van der Waals surface area contributed by atoms with E-state index >= 15 is 0 Å². The van der Waals surface area contributed by atoms with E-state index in [2.05, 4.69) is 0 Å². The van der Waals surface area contributed by atoms with Crippen molar-refractivity contribution in [3.8, 4) is 0 Å². The Hall–Kier alpha value is -1.38. The second-order valence-corrected chi connectivity index (χ2v) is 4.61. The molecule has 0 radical (unpaired) electrons. The van der Waals surface area contributed by atoms with Crippen molar-refractivity contribution in [3.05, 3.63) is 70.5 Å². The number of hydrogen-bond acceptors (Lipinski definition) is 1. The van der Waals surface area contributed by atoms with Crippen LogP contribution >= 0.6 is 11.6 Å². The Morgan fingerprint density at radius 1 is 1.11 bits per heavy atom. The maximum Gasteiger partial charge on any atom is 0.123 e. The molecule has 0 spiro atoms. The summed E-state index contributed by atoms with van der Waals surface area (Å²) in [6.07, 6.45) is 0.510. The van der Waals surface area contributed by atoms with Crippen molar-refractivity contribution < 1.29 is 9.50 Å². The zero-order valence-corrected chi connectivity index (χ0v) is 10.6. The number of halogens is 2. The summed E-state index contributed by atoms with van der Waals surface area (Å²) in [7, 11) is 0. The Bertz CT molecular complexity index is 513. The fraction of sp³-hybridized carbons (Fsp3) is 0.200. The SMILES string of the molecule is OC(CCc1ccccc1)c1cc(F)ccc1Cl. The molecule has 1 unspecified atom stereocenters. The Morgan fingerprint density at radius 2 is 1.83 bits per heavy atom. The summed E-state index contributed by atoms with van der Waals surface area (Å²) in [4.78, 5) is 0. The summed E-state index contributed by atoms with van der Waals surface area (Å²) in [6.45, 7) is 0. The van der Waals surface area contributed by atoms with Crippen LogP contribution in [0.1, 0.15) is 23.7 Å². The molecule has 0 aliphatic heterocycles. The number of benzene rings is 2. The van der Waals surface area contributed by atoms with Crippen LogP contribution in [0.15, 0.2) is 48.5 Å². The van der Waals surface area contributed by atoms with Crippen molar-refractivity contribution in [2.45, 2.75) is 18.9 Å². The van der Waals surface area contributed by atoms with Crippen LogP contribution in [0.3, 0.4) is 0 Å². The standard InChI is InChI=1S/C15H14ClFO/c16-14-8-7-12(17)10-13(14)15(18)9-6-11-4-2-1-3-5-11/h1-5,7-8,10,15,18H,6,9H2. The molecule has 3 heteroatoms. The second-order valence-electron chi connectivity index (χ2n) is 4.21. The van der Waals surface area contributed by atoms with Gasteiger partial charge in [0.1, 0.15) is 5.82 Å². The van der Waals surface area contributed by atoms with E-state index < -0.39 is 6.10 Å². The molecule has 2 rings (SSSR count). The molecule has 0 aliphatic rings. The van der Waals surface area contributed by atoms with Gasteiger partial charge in [0.05, 0.1) is 6.10 Å². The summed E-state index contributed by atoms with van der Waals surface area (Å²) in [5, 5.41) is 10.4. The van der Waals surface area contributed by atoms with E-state index in [-0.39, 0.29) is 5.82 Å². The van der Waals surface area contributed by atoms with Crippen molar-refractivity contribution in [2.75, 3.05) is 0 Å². The van der Waals surface area contributed by atoms with Crippen LogP contribution in [0.4, 0.5) is 4.39 Å². The first-order valence-electron chi connectivity index (χ1n) is 5.84. The molecule has 1 nitrogen and oxygen atoms in total. The smallest absolute Gasteiger partial charge is 0.123 e. The normalized spacial score (nSPS) is 12.4. The first-order valence-corrected chi connectivity index (χ1v) is 6.21. The molecule has 94 valence electrons. The number of aliphatic hydroxyl groups is 1. The maximum absolute atomic E-state index is 13.1. The summed E-state index contributed by atoms with van der Waals surface area (Å²) in [5.41, 5.74) is 1.59. The van der Waals surface area contributed by atoms with E-state index in [1.807, 2.05) is 30.3 Å². The molecular formula is C15H14ClFO. The van der Waals surface area contributed by atoms with Gasteiger partial charge in [-0.25, -0.2) is 4.39 Å². The van der Waals surface area contributed by atoms with Gasteiger partial charge in [-0.1, -0.05) is 41.9 Å². The molecule has 0 saturated carbocycles. The van der Waals surface area contributed by atoms with Crippen molar-refractivity contribution in [3.63, 3.8) is 0 Å². The van der Waals surface area contributed by atoms with Crippen molar-refractivity contribution >= 4 is 11.6 Å². The third-order valence-electron chi connectivity index (χ3n) is 2.87. The van der Waals surface area contributed by atoms with Crippen molar-refractivity contribution in [1.29, 1.82) is 0 Å². The summed E-state index contributed by atoms with van der Waals surface area (Å²) in [5.74, 6) is -0.381. The minimum atomic E-state index is -0.742. The van der Waals surface area contributed by atoms with Crippen LogP contribution in [0.25, 0.3) is 0 Å². The van der Waals surface area contributed by atoms with Crippen molar-refractivity contribution in [1.82, 2.24) is 0 Å². The topological polar surface area (TPSA) is 20.2 Å². The number of aliphatic hydroxyl groups excluding tert-OH is 1. The lowest BCUT2D eigenvalue weighted by Gasteiger charge is -2.12. The summed E-state index contributed by atoms with van der Waals surface area (Å²) >= 11 is 5.95. The largest absolute Gasteiger partial charge is 0.388 e. The highest BCUT2D eigenvalue weighted by atomic mass is 35.5. The molecule has 0 fully saturated rings. The van der Waals surface area contributed by atoms with E-state index in [0.29, 0.717) is 17.0 Å². The Morgan fingerprint density at radius 3 is 2.56 bits per heavy atom. The van der Waals surface area contributed by atoms with Gasteiger partial charge in [0.15, 0.2) is 0 Å². The van der Waals surface area contributed by atoms with Gasteiger partial charge in [-0.15, -0.1) is 0 Å². The molecule has 0 amide bonds. The fourth-order valence-corrected chi connectivity index (χ4v) is 2.12. The van der Waals surface area contributed by atoms with Crippen LogP contribution in [-0.4, -0.2) is 5.11 Å².